The van der Waals surface area contributed by atoms with Crippen molar-refractivity contribution in [2.45, 2.75) is 81.3 Å². The van der Waals surface area contributed by atoms with Crippen LogP contribution in [0.1, 0.15) is 69.4 Å². The van der Waals surface area contributed by atoms with Gasteiger partial charge in [-0.2, -0.15) is 4.31 Å². The highest BCUT2D eigenvalue weighted by atomic mass is 32.2. The molecule has 3 aliphatic rings. The number of rotatable bonds is 10. The SMILES string of the molecule is O=C(NC1CCCCC1)[C@@H](c1ccc(N2CCOCC2)cc1)N(C(=O)Cn1nnc2ccccc21)c1ccc(S(=O)(=O)N2CCCCCC2)cc1. The summed E-state index contributed by atoms with van der Waals surface area (Å²) in [7, 11) is -3.72. The Balaban J connectivity index is 1.27. The van der Waals surface area contributed by atoms with E-state index in [1.54, 1.807) is 33.3 Å². The molecule has 1 aromatic heterocycles. The van der Waals surface area contributed by atoms with Crippen LogP contribution in [-0.4, -0.2) is 85.0 Å². The van der Waals surface area contributed by atoms with E-state index < -0.39 is 16.1 Å². The van der Waals surface area contributed by atoms with Gasteiger partial charge in [0.2, 0.25) is 21.8 Å². The Morgan fingerprint density at radius 2 is 1.49 bits per heavy atom. The standard InChI is InChI=1S/C38H47N7O5S/c46-36(28-44-35-13-7-6-12-34(35)40-41-44)45(32-18-20-33(21-19-32)51(48,49)43-22-8-1-2-9-23-43)37(38(47)39-30-10-4-3-5-11-30)29-14-16-31(17-15-29)42-24-26-50-27-25-42/h6-7,12-21,30,37H,1-5,8-11,22-28H2,(H,39,47)/t37-/m1/s1. The lowest BCUT2D eigenvalue weighted by molar-refractivity contribution is -0.127. The number of hydrogen-bond donors (Lipinski definition) is 1. The number of benzene rings is 3. The maximum atomic E-state index is 14.7. The number of hydrogen-bond acceptors (Lipinski definition) is 8. The summed E-state index contributed by atoms with van der Waals surface area (Å²) in [6.45, 7) is 3.65. The highest BCUT2D eigenvalue weighted by Crippen LogP contribution is 2.33. The maximum Gasteiger partial charge on any atom is 0.249 e. The molecule has 51 heavy (non-hydrogen) atoms. The zero-order valence-electron chi connectivity index (χ0n) is 29.0. The smallest absolute Gasteiger partial charge is 0.249 e. The first kappa shape index (κ1) is 35.1. The lowest BCUT2D eigenvalue weighted by atomic mass is 9.94. The van der Waals surface area contributed by atoms with Crippen molar-refractivity contribution >= 4 is 44.2 Å². The number of morpholine rings is 1. The van der Waals surface area contributed by atoms with Crippen LogP contribution in [0.3, 0.4) is 0 Å². The molecule has 3 fully saturated rings. The predicted octanol–water partition coefficient (Wildman–Crippen LogP) is 5.06. The average molecular weight is 714 g/mol. The second kappa shape index (κ2) is 15.9. The Morgan fingerprint density at radius 1 is 0.824 bits per heavy atom. The fraction of sp³-hybridized carbons (Fsp3) is 0.474. The van der Waals surface area contributed by atoms with Crippen molar-refractivity contribution in [1.82, 2.24) is 24.6 Å². The number of aromatic nitrogens is 3. The molecule has 1 atom stereocenters. The fourth-order valence-corrected chi connectivity index (χ4v) is 9.04. The molecule has 2 amide bonds. The third kappa shape index (κ3) is 7.95. The van der Waals surface area contributed by atoms with Crippen molar-refractivity contribution in [1.29, 1.82) is 0 Å². The molecular formula is C38H47N7O5S. The normalized spacial score (nSPS) is 18.6. The van der Waals surface area contributed by atoms with Gasteiger partial charge >= 0.3 is 0 Å². The average Bonchev–Trinajstić information content (AvgIpc) is 3.35. The van der Waals surface area contributed by atoms with E-state index in [4.69, 9.17) is 4.74 Å². The Kier molecular flexibility index (Phi) is 11.0. The highest BCUT2D eigenvalue weighted by molar-refractivity contribution is 7.89. The minimum absolute atomic E-state index is 0.0127. The summed E-state index contributed by atoms with van der Waals surface area (Å²) in [6, 6.07) is 20.6. The summed E-state index contributed by atoms with van der Waals surface area (Å²) < 4.78 is 36.0. The van der Waals surface area contributed by atoms with Crippen LogP contribution in [0, 0.1) is 0 Å². The zero-order valence-corrected chi connectivity index (χ0v) is 29.8. The van der Waals surface area contributed by atoms with Gasteiger partial charge in [0.05, 0.1) is 23.6 Å². The van der Waals surface area contributed by atoms with E-state index in [2.05, 4.69) is 20.5 Å². The number of carbonyl (C=O) groups is 2. The van der Waals surface area contributed by atoms with Crippen LogP contribution in [0.15, 0.2) is 77.7 Å². The molecule has 1 N–H and O–H groups in total. The highest BCUT2D eigenvalue weighted by Gasteiger charge is 2.35. The number of sulfonamides is 1. The summed E-state index contributed by atoms with van der Waals surface area (Å²) in [5.74, 6) is -0.658. The van der Waals surface area contributed by atoms with Crippen LogP contribution in [0.5, 0.6) is 0 Å². The van der Waals surface area contributed by atoms with Gasteiger partial charge in [-0.05, 0) is 79.8 Å². The van der Waals surface area contributed by atoms with Gasteiger partial charge in [-0.15, -0.1) is 5.10 Å². The van der Waals surface area contributed by atoms with Gasteiger partial charge in [-0.25, -0.2) is 13.1 Å². The van der Waals surface area contributed by atoms with Gasteiger partial charge in [0.1, 0.15) is 18.1 Å². The van der Waals surface area contributed by atoms with Crippen molar-refractivity contribution in [2.24, 2.45) is 0 Å². The number of fused-ring (bicyclic) bond motifs is 1. The van der Waals surface area contributed by atoms with E-state index in [1.807, 2.05) is 48.5 Å². The van der Waals surface area contributed by atoms with E-state index in [0.717, 1.165) is 76.6 Å². The number of para-hydroxylation sites is 1. The number of amides is 2. The Hall–Kier alpha value is -4.33. The molecule has 0 unspecified atom stereocenters. The molecule has 4 aromatic rings. The molecule has 13 heteroatoms. The first-order valence-electron chi connectivity index (χ1n) is 18.3. The zero-order chi connectivity index (χ0) is 35.2. The second-order valence-electron chi connectivity index (χ2n) is 13.7. The molecule has 12 nitrogen and oxygen atoms in total. The fourth-order valence-electron chi connectivity index (χ4n) is 7.52. The molecule has 1 aliphatic carbocycles. The van der Waals surface area contributed by atoms with Gasteiger partial charge in [0.25, 0.3) is 0 Å². The second-order valence-corrected chi connectivity index (χ2v) is 15.7. The summed E-state index contributed by atoms with van der Waals surface area (Å²) in [4.78, 5) is 33.1. The molecule has 3 aromatic carbocycles. The summed E-state index contributed by atoms with van der Waals surface area (Å²) in [6.07, 6.45) is 8.69. The molecule has 1 saturated carbocycles. The van der Waals surface area contributed by atoms with Crippen molar-refractivity contribution in [3.8, 4) is 0 Å². The molecule has 0 radical (unpaired) electrons. The van der Waals surface area contributed by atoms with Gasteiger partial charge < -0.3 is 15.0 Å². The number of nitrogens with one attached hydrogen (secondary N) is 1. The van der Waals surface area contributed by atoms with E-state index in [1.165, 1.54) is 4.90 Å². The van der Waals surface area contributed by atoms with Crippen LogP contribution in [0.4, 0.5) is 11.4 Å². The Labute approximate surface area is 299 Å². The topological polar surface area (TPSA) is 130 Å². The first-order valence-corrected chi connectivity index (χ1v) is 19.8. The summed E-state index contributed by atoms with van der Waals surface area (Å²) in [5, 5.41) is 11.8. The Bertz CT molecular complexity index is 1890. The van der Waals surface area contributed by atoms with Crippen molar-refractivity contribution in [3.05, 3.63) is 78.4 Å². The molecule has 2 saturated heterocycles. The van der Waals surface area contributed by atoms with Crippen LogP contribution >= 0.6 is 0 Å². The third-order valence-corrected chi connectivity index (χ3v) is 12.2. The first-order chi connectivity index (χ1) is 24.9. The van der Waals surface area contributed by atoms with E-state index in [0.29, 0.717) is 48.6 Å². The minimum atomic E-state index is -3.72. The van der Waals surface area contributed by atoms with Crippen molar-refractivity contribution < 1.29 is 22.7 Å². The number of nitrogens with zero attached hydrogens (tertiary/aromatic N) is 6. The lowest BCUT2D eigenvalue weighted by Crippen LogP contribution is -2.48. The molecule has 3 heterocycles. The summed E-state index contributed by atoms with van der Waals surface area (Å²) >= 11 is 0. The summed E-state index contributed by atoms with van der Waals surface area (Å²) in [5.41, 5.74) is 3.44. The lowest BCUT2D eigenvalue weighted by Gasteiger charge is -2.34. The molecule has 2 aliphatic heterocycles. The molecule has 7 rings (SSSR count). The van der Waals surface area contributed by atoms with Gasteiger partial charge in [0, 0.05) is 43.6 Å². The van der Waals surface area contributed by atoms with Crippen molar-refractivity contribution in [3.63, 3.8) is 0 Å². The van der Waals surface area contributed by atoms with Crippen LogP contribution in [-0.2, 0) is 30.9 Å². The van der Waals surface area contributed by atoms with Crippen LogP contribution in [0.25, 0.3) is 11.0 Å². The van der Waals surface area contributed by atoms with Crippen LogP contribution in [0.2, 0.25) is 0 Å². The van der Waals surface area contributed by atoms with Gasteiger partial charge in [-0.1, -0.05) is 61.6 Å². The predicted molar refractivity (Wildman–Crippen MR) is 196 cm³/mol. The molecular weight excluding hydrogens is 667 g/mol. The minimum Gasteiger partial charge on any atom is -0.378 e. The number of ether oxygens (including phenoxy) is 1. The van der Waals surface area contributed by atoms with E-state index >= 15 is 0 Å². The quantitative estimate of drug-likeness (QED) is 0.242. The van der Waals surface area contributed by atoms with Crippen molar-refractivity contribution in [2.75, 3.05) is 49.2 Å². The van der Waals surface area contributed by atoms with E-state index in [9.17, 15) is 18.0 Å². The van der Waals surface area contributed by atoms with Crippen LogP contribution < -0.4 is 15.1 Å². The molecule has 0 bridgehead atoms. The largest absolute Gasteiger partial charge is 0.378 e. The molecule has 270 valence electrons. The maximum absolute atomic E-state index is 14.7. The molecule has 0 spiro atoms. The number of anilines is 2. The Morgan fingerprint density at radius 3 is 2.20 bits per heavy atom. The monoisotopic (exact) mass is 713 g/mol. The van der Waals surface area contributed by atoms with E-state index in [-0.39, 0.29) is 29.3 Å². The number of carbonyl (C=O) groups excluding carboxylic acids is 2. The van der Waals surface area contributed by atoms with Gasteiger partial charge in [0.15, 0.2) is 0 Å². The van der Waals surface area contributed by atoms with Gasteiger partial charge in [-0.3, -0.25) is 14.5 Å². The third-order valence-electron chi connectivity index (χ3n) is 10.3.